The summed E-state index contributed by atoms with van der Waals surface area (Å²) in [5, 5.41) is 1.33. The predicted octanol–water partition coefficient (Wildman–Crippen LogP) is 8.25. The van der Waals surface area contributed by atoms with Crippen LogP contribution < -0.4 is 4.74 Å². The van der Waals surface area contributed by atoms with Crippen LogP contribution in [0, 0.1) is 6.92 Å². The number of benzene rings is 4. The van der Waals surface area contributed by atoms with Crippen LogP contribution in [0.5, 0.6) is 5.75 Å². The molecule has 1 unspecified atom stereocenters. The Hall–Kier alpha value is -4.63. The first kappa shape index (κ1) is 25.3. The Labute approximate surface area is 242 Å². The minimum absolute atomic E-state index is 0.0360. The highest BCUT2D eigenvalue weighted by Crippen LogP contribution is 2.44. The number of aryl methyl sites for hydroxylation is 1. The molecule has 1 aliphatic carbocycles. The van der Waals surface area contributed by atoms with Crippen molar-refractivity contribution in [2.75, 3.05) is 0 Å². The van der Waals surface area contributed by atoms with Crippen LogP contribution in [0.25, 0.3) is 10.9 Å². The van der Waals surface area contributed by atoms with Crippen molar-refractivity contribution >= 4 is 10.9 Å². The van der Waals surface area contributed by atoms with Crippen molar-refractivity contribution in [2.24, 2.45) is 0 Å². The lowest BCUT2D eigenvalue weighted by molar-refractivity contribution is 0.306. The number of ether oxygens (including phenoxy) is 1. The number of pyridine rings is 1. The van der Waals surface area contributed by atoms with E-state index in [1.165, 1.54) is 49.8 Å². The van der Waals surface area contributed by atoms with Crippen LogP contribution in [0.2, 0.25) is 0 Å². The summed E-state index contributed by atoms with van der Waals surface area (Å²) < 4.78 is 8.65. The van der Waals surface area contributed by atoms with Gasteiger partial charge in [0.05, 0.1) is 0 Å². The Morgan fingerprint density at radius 3 is 2.24 bits per heavy atom. The number of nitrogens with zero attached hydrogens (tertiary/aromatic N) is 2. The molecular formula is C38H34N2O. The Kier molecular flexibility index (Phi) is 6.64. The summed E-state index contributed by atoms with van der Waals surface area (Å²) >= 11 is 0. The summed E-state index contributed by atoms with van der Waals surface area (Å²) in [6.07, 6.45) is 9.09. The third kappa shape index (κ3) is 5.16. The summed E-state index contributed by atoms with van der Waals surface area (Å²) in [5.41, 5.74) is 10.6. The molecule has 0 fully saturated rings. The van der Waals surface area contributed by atoms with Crippen molar-refractivity contribution in [1.29, 1.82) is 0 Å². The summed E-state index contributed by atoms with van der Waals surface area (Å²) in [4.78, 5) is 4.29. The molecule has 0 radical (unpaired) electrons. The molecule has 7 rings (SSSR count). The second kappa shape index (κ2) is 10.7. The van der Waals surface area contributed by atoms with E-state index in [4.69, 9.17) is 4.74 Å². The van der Waals surface area contributed by atoms with Crippen LogP contribution in [-0.2, 0) is 37.8 Å². The molecule has 3 nitrogen and oxygen atoms in total. The summed E-state index contributed by atoms with van der Waals surface area (Å²) in [7, 11) is 0. The van der Waals surface area contributed by atoms with E-state index in [1.54, 1.807) is 0 Å². The van der Waals surface area contributed by atoms with Crippen molar-refractivity contribution < 1.29 is 4.74 Å². The molecular weight excluding hydrogens is 500 g/mol. The van der Waals surface area contributed by atoms with Gasteiger partial charge in [-0.2, -0.15) is 0 Å². The third-order valence-electron chi connectivity index (χ3n) is 8.67. The van der Waals surface area contributed by atoms with Crippen molar-refractivity contribution in [2.45, 2.75) is 44.8 Å². The molecule has 0 amide bonds. The number of hydrogen-bond donors (Lipinski definition) is 0. The zero-order valence-electron chi connectivity index (χ0n) is 23.5. The van der Waals surface area contributed by atoms with Gasteiger partial charge in [-0.25, -0.2) is 0 Å². The van der Waals surface area contributed by atoms with Gasteiger partial charge in [-0.05, 0) is 95.5 Å². The van der Waals surface area contributed by atoms with Gasteiger partial charge in [0.25, 0.3) is 0 Å². The van der Waals surface area contributed by atoms with E-state index in [0.717, 1.165) is 31.6 Å². The maximum atomic E-state index is 6.23. The standard InChI is InChI=1S/C38H34N2O/c1-28-25-40(26-30-8-4-2-5-9-30)37-21-34(13-15-36(28)37)38(22-29-16-18-39-19-17-29)23-32-12-14-35(20-33(32)24-38)41-27-31-10-6-3-7-11-31/h2-21,25H,22-24,26-27H2,1H3. The van der Waals surface area contributed by atoms with E-state index < -0.39 is 0 Å². The molecule has 0 aliphatic heterocycles. The molecule has 6 aromatic rings. The van der Waals surface area contributed by atoms with Crippen LogP contribution in [0.1, 0.15) is 38.9 Å². The quantitative estimate of drug-likeness (QED) is 0.197. The summed E-state index contributed by atoms with van der Waals surface area (Å²) in [6.45, 7) is 3.67. The number of fused-ring (bicyclic) bond motifs is 2. The molecule has 0 saturated heterocycles. The van der Waals surface area contributed by atoms with E-state index in [9.17, 15) is 0 Å². The van der Waals surface area contributed by atoms with Gasteiger partial charge in [0, 0.05) is 41.5 Å². The first-order valence-corrected chi connectivity index (χ1v) is 14.5. The highest BCUT2D eigenvalue weighted by molar-refractivity contribution is 5.85. The molecule has 4 aromatic carbocycles. The van der Waals surface area contributed by atoms with E-state index in [1.807, 2.05) is 18.5 Å². The maximum absolute atomic E-state index is 6.23. The van der Waals surface area contributed by atoms with Gasteiger partial charge < -0.3 is 9.30 Å². The SMILES string of the molecule is Cc1cn(Cc2ccccc2)c2cc(C3(Cc4ccncc4)Cc4ccc(OCc5ccccc5)cc4C3)ccc12. The molecule has 202 valence electrons. The Bertz CT molecular complexity index is 1790. The summed E-state index contributed by atoms with van der Waals surface area (Å²) in [5.74, 6) is 0.940. The first-order valence-electron chi connectivity index (χ1n) is 14.5. The minimum Gasteiger partial charge on any atom is -0.489 e. The lowest BCUT2D eigenvalue weighted by Gasteiger charge is -2.30. The van der Waals surface area contributed by atoms with Crippen LogP contribution >= 0.6 is 0 Å². The largest absolute Gasteiger partial charge is 0.489 e. The van der Waals surface area contributed by atoms with Gasteiger partial charge in [0.2, 0.25) is 0 Å². The van der Waals surface area contributed by atoms with E-state index in [2.05, 4.69) is 126 Å². The van der Waals surface area contributed by atoms with Gasteiger partial charge in [0.15, 0.2) is 0 Å². The van der Waals surface area contributed by atoms with Gasteiger partial charge in [-0.15, -0.1) is 0 Å². The number of aromatic nitrogens is 2. The molecule has 0 bridgehead atoms. The van der Waals surface area contributed by atoms with E-state index in [-0.39, 0.29) is 5.41 Å². The molecule has 0 saturated carbocycles. The lowest BCUT2D eigenvalue weighted by Crippen LogP contribution is -2.30. The maximum Gasteiger partial charge on any atom is 0.120 e. The molecule has 3 heteroatoms. The average Bonchev–Trinajstić information content (AvgIpc) is 3.54. The smallest absolute Gasteiger partial charge is 0.120 e. The fourth-order valence-corrected chi connectivity index (χ4v) is 6.60. The Balaban J connectivity index is 1.25. The number of hydrogen-bond acceptors (Lipinski definition) is 2. The van der Waals surface area contributed by atoms with E-state index in [0.29, 0.717) is 6.61 Å². The Morgan fingerprint density at radius 2 is 1.46 bits per heavy atom. The highest BCUT2D eigenvalue weighted by Gasteiger charge is 2.39. The highest BCUT2D eigenvalue weighted by atomic mass is 16.5. The zero-order chi connectivity index (χ0) is 27.6. The molecule has 1 atom stereocenters. The monoisotopic (exact) mass is 534 g/mol. The summed E-state index contributed by atoms with van der Waals surface area (Å²) in [6, 6.07) is 39.3. The zero-order valence-corrected chi connectivity index (χ0v) is 23.5. The Morgan fingerprint density at radius 1 is 0.732 bits per heavy atom. The molecule has 2 aromatic heterocycles. The van der Waals surface area contributed by atoms with Crippen molar-refractivity contribution in [3.63, 3.8) is 0 Å². The van der Waals surface area contributed by atoms with Crippen molar-refractivity contribution in [3.05, 3.63) is 167 Å². The second-order valence-corrected chi connectivity index (χ2v) is 11.5. The van der Waals surface area contributed by atoms with Crippen molar-refractivity contribution in [3.8, 4) is 5.75 Å². The van der Waals surface area contributed by atoms with Gasteiger partial charge >= 0.3 is 0 Å². The topological polar surface area (TPSA) is 27.1 Å². The van der Waals surface area contributed by atoms with Crippen LogP contribution in [0.15, 0.2) is 128 Å². The van der Waals surface area contributed by atoms with Gasteiger partial charge in [-0.1, -0.05) is 78.9 Å². The van der Waals surface area contributed by atoms with Crippen LogP contribution in [-0.4, -0.2) is 9.55 Å². The fraction of sp³-hybridized carbons (Fsp3) is 0.184. The molecule has 1 aliphatic rings. The van der Waals surface area contributed by atoms with Crippen LogP contribution in [0.3, 0.4) is 0 Å². The average molecular weight is 535 g/mol. The minimum atomic E-state index is -0.0360. The van der Waals surface area contributed by atoms with Gasteiger partial charge in [0.1, 0.15) is 12.4 Å². The lowest BCUT2D eigenvalue weighted by atomic mass is 9.73. The third-order valence-corrected chi connectivity index (χ3v) is 8.67. The van der Waals surface area contributed by atoms with Crippen LogP contribution in [0.4, 0.5) is 0 Å². The predicted molar refractivity (Wildman–Crippen MR) is 166 cm³/mol. The molecule has 41 heavy (non-hydrogen) atoms. The number of rotatable bonds is 8. The normalized spacial score (nSPS) is 16.1. The first-order chi connectivity index (χ1) is 20.1. The molecule has 2 heterocycles. The molecule has 0 N–H and O–H groups in total. The second-order valence-electron chi connectivity index (χ2n) is 11.5. The van der Waals surface area contributed by atoms with E-state index >= 15 is 0 Å². The fourth-order valence-electron chi connectivity index (χ4n) is 6.60. The molecule has 0 spiro atoms. The van der Waals surface area contributed by atoms with Gasteiger partial charge in [-0.3, -0.25) is 4.98 Å². The van der Waals surface area contributed by atoms with Crippen molar-refractivity contribution in [1.82, 2.24) is 9.55 Å².